The maximum Gasteiger partial charge on any atom is 0.332 e. The number of nitrogens with one attached hydrogen (secondary N) is 1. The van der Waals surface area contributed by atoms with Gasteiger partial charge in [0.05, 0.1) is 15.8 Å². The van der Waals surface area contributed by atoms with Crippen molar-refractivity contribution in [1.29, 1.82) is 0 Å². The Bertz CT molecular complexity index is 1990. The van der Waals surface area contributed by atoms with E-state index in [0.29, 0.717) is 36.0 Å². The van der Waals surface area contributed by atoms with Crippen LogP contribution < -0.4 is 5.43 Å². The summed E-state index contributed by atoms with van der Waals surface area (Å²) in [5.41, 5.74) is 5.22. The Hall–Kier alpha value is -3.93. The summed E-state index contributed by atoms with van der Waals surface area (Å²) in [6.07, 6.45) is 9.74. The van der Waals surface area contributed by atoms with Crippen LogP contribution in [-0.4, -0.2) is 31.2 Å². The molecule has 1 fully saturated rings. The SMILES string of the molecule is C#Cc1ccc2c(c1)[nH]c1c2c(=O)c2cc(CCCC)c(-c3cccc(S(=O)(=O)F)c3)cc2n1C1CCOCC1. The van der Waals surface area contributed by atoms with Gasteiger partial charge in [0, 0.05) is 41.1 Å². The van der Waals surface area contributed by atoms with Crippen LogP contribution in [0.25, 0.3) is 44.0 Å². The monoisotopic (exact) mass is 556 g/mol. The topological polar surface area (TPSA) is 81.2 Å². The molecule has 1 saturated heterocycles. The maximum atomic E-state index is 14.2. The summed E-state index contributed by atoms with van der Waals surface area (Å²) >= 11 is 0. The Labute approximate surface area is 232 Å². The van der Waals surface area contributed by atoms with Crippen molar-refractivity contribution in [2.24, 2.45) is 0 Å². The number of halogens is 1. The number of pyridine rings is 1. The van der Waals surface area contributed by atoms with Gasteiger partial charge < -0.3 is 14.3 Å². The van der Waals surface area contributed by atoms with Gasteiger partial charge in [0.2, 0.25) is 0 Å². The van der Waals surface area contributed by atoms with Crippen molar-refractivity contribution in [2.45, 2.75) is 50.0 Å². The number of fused-ring (bicyclic) bond motifs is 4. The van der Waals surface area contributed by atoms with Gasteiger partial charge >= 0.3 is 10.2 Å². The molecule has 2 aromatic heterocycles. The highest BCUT2D eigenvalue weighted by molar-refractivity contribution is 7.86. The molecule has 1 N–H and O–H groups in total. The van der Waals surface area contributed by atoms with Gasteiger partial charge in [-0.1, -0.05) is 37.5 Å². The first-order valence-corrected chi connectivity index (χ1v) is 14.9. The van der Waals surface area contributed by atoms with Crippen molar-refractivity contribution >= 4 is 43.1 Å². The third kappa shape index (κ3) is 4.49. The van der Waals surface area contributed by atoms with E-state index in [1.54, 1.807) is 12.1 Å². The highest BCUT2D eigenvalue weighted by atomic mass is 32.3. The molecular weight excluding hydrogens is 527 g/mol. The van der Waals surface area contributed by atoms with Crippen LogP contribution in [0.4, 0.5) is 3.89 Å². The lowest BCUT2D eigenvalue weighted by Crippen LogP contribution is -2.22. The van der Waals surface area contributed by atoms with Crippen molar-refractivity contribution in [3.63, 3.8) is 0 Å². The smallest absolute Gasteiger partial charge is 0.332 e. The minimum atomic E-state index is -4.88. The van der Waals surface area contributed by atoms with Crippen molar-refractivity contribution in [3.8, 4) is 23.5 Å². The Morgan fingerprint density at radius 2 is 1.90 bits per heavy atom. The minimum absolute atomic E-state index is 0.0718. The third-order valence-corrected chi connectivity index (χ3v) is 8.74. The lowest BCUT2D eigenvalue weighted by molar-refractivity contribution is 0.0715. The largest absolute Gasteiger partial charge is 0.381 e. The van der Waals surface area contributed by atoms with Gasteiger partial charge in [-0.05, 0) is 78.8 Å². The highest BCUT2D eigenvalue weighted by Gasteiger charge is 2.25. The molecule has 0 aliphatic carbocycles. The second-order valence-electron chi connectivity index (χ2n) is 10.4. The normalized spacial score (nSPS) is 14.7. The van der Waals surface area contributed by atoms with E-state index in [0.717, 1.165) is 64.4 Å². The number of aromatic nitrogens is 2. The summed E-state index contributed by atoms with van der Waals surface area (Å²) in [7, 11) is -4.88. The Morgan fingerprint density at radius 1 is 1.10 bits per heavy atom. The fourth-order valence-electron chi connectivity index (χ4n) is 5.93. The number of ether oxygens (including phenoxy) is 1. The number of aromatic amines is 1. The molecule has 0 bridgehead atoms. The van der Waals surface area contributed by atoms with Crippen LogP contribution in [0.1, 0.15) is 49.8 Å². The number of rotatable bonds is 6. The van der Waals surface area contributed by atoms with Gasteiger partial charge in [-0.25, -0.2) is 0 Å². The fourth-order valence-corrected chi connectivity index (χ4v) is 6.44. The molecule has 3 aromatic carbocycles. The summed E-state index contributed by atoms with van der Waals surface area (Å²) in [5.74, 6) is 2.67. The maximum absolute atomic E-state index is 14.2. The number of H-pyrrole nitrogens is 1. The molecule has 0 amide bonds. The first-order chi connectivity index (χ1) is 19.3. The molecule has 8 heteroatoms. The molecule has 40 heavy (non-hydrogen) atoms. The van der Waals surface area contributed by atoms with Crippen LogP contribution in [0.2, 0.25) is 0 Å². The van der Waals surface area contributed by atoms with Crippen LogP contribution in [-0.2, 0) is 21.4 Å². The standard InChI is InChI=1S/C32H29FN2O4S/c1-3-5-7-22-18-27-29(19-26(22)21-8-6-9-24(17-21)40(33,37)38)35(23-12-14-39-15-13-23)32-30(31(27)36)25-11-10-20(4-2)16-28(25)34-32/h2,6,8-11,16-19,23,34H,3,5,7,12-15H2,1H3. The van der Waals surface area contributed by atoms with E-state index >= 15 is 0 Å². The molecular formula is C32H29FN2O4S. The average molecular weight is 557 g/mol. The lowest BCUT2D eigenvalue weighted by atomic mass is 9.93. The molecule has 0 radical (unpaired) electrons. The van der Waals surface area contributed by atoms with E-state index in [9.17, 15) is 17.1 Å². The highest BCUT2D eigenvalue weighted by Crippen LogP contribution is 2.37. The van der Waals surface area contributed by atoms with Gasteiger partial charge in [0.25, 0.3) is 0 Å². The Kier molecular flexibility index (Phi) is 6.73. The zero-order chi connectivity index (χ0) is 28.0. The molecule has 6 rings (SSSR count). The van der Waals surface area contributed by atoms with Crippen molar-refractivity contribution in [1.82, 2.24) is 9.55 Å². The molecule has 0 spiro atoms. The summed E-state index contributed by atoms with van der Waals surface area (Å²) < 4.78 is 45.3. The zero-order valence-corrected chi connectivity index (χ0v) is 23.0. The second-order valence-corrected chi connectivity index (χ2v) is 11.7. The van der Waals surface area contributed by atoms with Gasteiger partial charge in [-0.15, -0.1) is 10.3 Å². The first-order valence-electron chi connectivity index (χ1n) is 13.6. The quantitative estimate of drug-likeness (QED) is 0.188. The second kappa shape index (κ2) is 10.2. The first kappa shape index (κ1) is 26.3. The number of terminal acetylenes is 1. The number of unbranched alkanes of at least 4 members (excludes halogenated alkanes) is 1. The fraction of sp³-hybridized carbons (Fsp3) is 0.281. The summed E-state index contributed by atoms with van der Waals surface area (Å²) in [4.78, 5) is 17.3. The van der Waals surface area contributed by atoms with Crippen LogP contribution >= 0.6 is 0 Å². The molecule has 0 unspecified atom stereocenters. The van der Waals surface area contributed by atoms with E-state index in [1.807, 2.05) is 30.3 Å². The van der Waals surface area contributed by atoms with Gasteiger partial charge in [-0.3, -0.25) is 4.79 Å². The minimum Gasteiger partial charge on any atom is -0.381 e. The molecule has 1 aliphatic rings. The van der Waals surface area contributed by atoms with Crippen LogP contribution in [0.3, 0.4) is 0 Å². The molecule has 6 nitrogen and oxygen atoms in total. The third-order valence-electron chi connectivity index (χ3n) is 7.92. The Morgan fingerprint density at radius 3 is 2.62 bits per heavy atom. The lowest BCUT2D eigenvalue weighted by Gasteiger charge is -2.28. The molecule has 0 atom stereocenters. The number of benzene rings is 3. The molecule has 0 saturated carbocycles. The number of nitrogens with zero attached hydrogens (tertiary/aromatic N) is 1. The van der Waals surface area contributed by atoms with Gasteiger partial charge in [0.15, 0.2) is 5.43 Å². The van der Waals surface area contributed by atoms with Crippen LogP contribution in [0.5, 0.6) is 0 Å². The number of hydrogen-bond acceptors (Lipinski definition) is 4. The number of hydrogen-bond donors (Lipinski definition) is 1. The van der Waals surface area contributed by atoms with Crippen molar-refractivity contribution in [3.05, 3.63) is 75.9 Å². The van der Waals surface area contributed by atoms with E-state index < -0.39 is 10.2 Å². The van der Waals surface area contributed by atoms with E-state index in [4.69, 9.17) is 11.2 Å². The predicted molar refractivity (Wildman–Crippen MR) is 157 cm³/mol. The Balaban J connectivity index is 1.73. The zero-order valence-electron chi connectivity index (χ0n) is 22.2. The summed E-state index contributed by atoms with van der Waals surface area (Å²) in [5, 5.41) is 2.05. The predicted octanol–water partition coefficient (Wildman–Crippen LogP) is 6.64. The molecule has 1 aliphatic heterocycles. The van der Waals surface area contributed by atoms with Gasteiger partial charge in [-0.2, -0.15) is 8.42 Å². The van der Waals surface area contributed by atoms with Crippen molar-refractivity contribution in [2.75, 3.05) is 13.2 Å². The van der Waals surface area contributed by atoms with E-state index in [1.165, 1.54) is 12.1 Å². The van der Waals surface area contributed by atoms with Gasteiger partial charge in [0.1, 0.15) is 5.65 Å². The van der Waals surface area contributed by atoms with Crippen LogP contribution in [0, 0.1) is 12.3 Å². The number of aryl methyl sites for hydroxylation is 1. The molecule has 3 heterocycles. The van der Waals surface area contributed by atoms with Crippen molar-refractivity contribution < 1.29 is 17.0 Å². The van der Waals surface area contributed by atoms with Crippen LogP contribution in [0.15, 0.2) is 64.3 Å². The molecule has 204 valence electrons. The average Bonchev–Trinajstić information content (AvgIpc) is 3.34. The summed E-state index contributed by atoms with van der Waals surface area (Å²) in [6, 6.07) is 15.6. The summed E-state index contributed by atoms with van der Waals surface area (Å²) in [6.45, 7) is 3.31. The molecule has 5 aromatic rings. The van der Waals surface area contributed by atoms with E-state index in [-0.39, 0.29) is 16.4 Å². The van der Waals surface area contributed by atoms with E-state index in [2.05, 4.69) is 22.4 Å².